The van der Waals surface area contributed by atoms with Crippen LogP contribution in [-0.2, 0) is 10.2 Å². The Labute approximate surface area is 124 Å². The lowest BCUT2D eigenvalue weighted by atomic mass is 9.95. The molecule has 1 amide bonds. The van der Waals surface area contributed by atoms with Crippen LogP contribution in [0.25, 0.3) is 0 Å². The fraction of sp³-hybridized carbons (Fsp3) is 0.533. The van der Waals surface area contributed by atoms with Gasteiger partial charge in [-0.25, -0.2) is 4.39 Å². The van der Waals surface area contributed by atoms with Crippen molar-refractivity contribution < 1.29 is 9.18 Å². The van der Waals surface area contributed by atoms with E-state index in [1.807, 2.05) is 6.07 Å². The van der Waals surface area contributed by atoms with Gasteiger partial charge in [0.1, 0.15) is 5.82 Å². The number of amides is 1. The highest BCUT2D eigenvalue weighted by atomic mass is 35.5. The number of hydrogen-bond acceptors (Lipinski definition) is 2. The molecule has 1 heterocycles. The molecule has 110 valence electrons. The van der Waals surface area contributed by atoms with Crippen LogP contribution in [0.4, 0.5) is 4.39 Å². The third-order valence-electron chi connectivity index (χ3n) is 4.32. The standard InChI is InChI=1S/C15H19FN2O.ClH/c16-13-3-1-2-12(8-13)15(5-6-15)10-18-14(19)11-4-7-17-9-11;/h1-3,8,11,17H,4-7,9-10H2,(H,18,19);1H. The third-order valence-corrected chi connectivity index (χ3v) is 4.32. The number of carbonyl (C=O) groups is 1. The van der Waals surface area contributed by atoms with Gasteiger partial charge in [-0.2, -0.15) is 0 Å². The average Bonchev–Trinajstić information content (AvgIpc) is 3.00. The molecule has 20 heavy (non-hydrogen) atoms. The molecule has 0 spiro atoms. The lowest BCUT2D eigenvalue weighted by Gasteiger charge is -2.18. The van der Waals surface area contributed by atoms with Gasteiger partial charge in [-0.3, -0.25) is 4.79 Å². The van der Waals surface area contributed by atoms with E-state index in [1.165, 1.54) is 6.07 Å². The van der Waals surface area contributed by atoms with E-state index in [0.29, 0.717) is 6.54 Å². The number of nitrogens with one attached hydrogen (secondary N) is 2. The Morgan fingerprint density at radius 3 is 2.85 bits per heavy atom. The Bertz CT molecular complexity index is 485. The second-order valence-electron chi connectivity index (χ2n) is 5.70. The highest BCUT2D eigenvalue weighted by molar-refractivity contribution is 5.85. The smallest absolute Gasteiger partial charge is 0.224 e. The van der Waals surface area contributed by atoms with Crippen molar-refractivity contribution >= 4 is 18.3 Å². The molecule has 2 fully saturated rings. The number of benzene rings is 1. The van der Waals surface area contributed by atoms with E-state index < -0.39 is 0 Å². The van der Waals surface area contributed by atoms with Crippen molar-refractivity contribution in [2.75, 3.05) is 19.6 Å². The van der Waals surface area contributed by atoms with E-state index in [2.05, 4.69) is 10.6 Å². The summed E-state index contributed by atoms with van der Waals surface area (Å²) in [5.74, 6) is 0.0334. The van der Waals surface area contributed by atoms with E-state index in [9.17, 15) is 9.18 Å². The van der Waals surface area contributed by atoms with Crippen LogP contribution in [0.2, 0.25) is 0 Å². The predicted octanol–water partition coefficient (Wildman–Crippen LogP) is 2.00. The lowest BCUT2D eigenvalue weighted by molar-refractivity contribution is -0.124. The summed E-state index contributed by atoms with van der Waals surface area (Å²) in [4.78, 5) is 12.0. The Hall–Kier alpha value is -1.13. The van der Waals surface area contributed by atoms with Crippen molar-refractivity contribution in [2.24, 2.45) is 5.92 Å². The van der Waals surface area contributed by atoms with Crippen LogP contribution >= 0.6 is 12.4 Å². The molecular weight excluding hydrogens is 279 g/mol. The van der Waals surface area contributed by atoms with Gasteiger partial charge < -0.3 is 10.6 Å². The first-order chi connectivity index (χ1) is 9.20. The summed E-state index contributed by atoms with van der Waals surface area (Å²) in [6.45, 7) is 2.33. The molecule has 1 unspecified atom stereocenters. The van der Waals surface area contributed by atoms with Gasteiger partial charge >= 0.3 is 0 Å². The molecule has 3 rings (SSSR count). The van der Waals surface area contributed by atoms with Gasteiger partial charge in [0.25, 0.3) is 0 Å². The Morgan fingerprint density at radius 2 is 2.25 bits per heavy atom. The molecule has 1 atom stereocenters. The van der Waals surface area contributed by atoms with Gasteiger partial charge in [0.2, 0.25) is 5.91 Å². The second-order valence-corrected chi connectivity index (χ2v) is 5.70. The van der Waals surface area contributed by atoms with Crippen LogP contribution < -0.4 is 10.6 Å². The van der Waals surface area contributed by atoms with Crippen molar-refractivity contribution in [1.82, 2.24) is 10.6 Å². The molecule has 2 N–H and O–H groups in total. The van der Waals surface area contributed by atoms with Crippen LogP contribution in [0.3, 0.4) is 0 Å². The van der Waals surface area contributed by atoms with Crippen molar-refractivity contribution in [3.05, 3.63) is 35.6 Å². The maximum Gasteiger partial charge on any atom is 0.224 e. The molecule has 0 bridgehead atoms. The Balaban J connectivity index is 0.00000147. The zero-order chi connectivity index (χ0) is 13.3. The van der Waals surface area contributed by atoms with E-state index in [0.717, 1.165) is 37.9 Å². The van der Waals surface area contributed by atoms with Crippen molar-refractivity contribution in [3.8, 4) is 0 Å². The minimum Gasteiger partial charge on any atom is -0.355 e. The van der Waals surface area contributed by atoms with Crippen LogP contribution in [-0.4, -0.2) is 25.5 Å². The summed E-state index contributed by atoms with van der Waals surface area (Å²) in [5.41, 5.74) is 0.987. The first kappa shape index (κ1) is 15.3. The van der Waals surface area contributed by atoms with Crippen LogP contribution in [0.1, 0.15) is 24.8 Å². The minimum atomic E-state index is -0.199. The predicted molar refractivity (Wildman–Crippen MR) is 78.5 cm³/mol. The lowest BCUT2D eigenvalue weighted by Crippen LogP contribution is -2.37. The molecule has 0 aromatic heterocycles. The largest absolute Gasteiger partial charge is 0.355 e. The maximum atomic E-state index is 13.3. The highest BCUT2D eigenvalue weighted by Crippen LogP contribution is 2.47. The normalized spacial score (nSPS) is 22.9. The molecule has 1 aromatic carbocycles. The number of hydrogen-bond donors (Lipinski definition) is 2. The van der Waals surface area contributed by atoms with Gasteiger partial charge in [0.05, 0.1) is 5.92 Å². The van der Waals surface area contributed by atoms with Crippen molar-refractivity contribution in [1.29, 1.82) is 0 Å². The first-order valence-corrected chi connectivity index (χ1v) is 6.94. The monoisotopic (exact) mass is 298 g/mol. The third kappa shape index (κ3) is 3.13. The minimum absolute atomic E-state index is 0. The van der Waals surface area contributed by atoms with E-state index >= 15 is 0 Å². The fourth-order valence-electron chi connectivity index (χ4n) is 2.82. The molecule has 0 radical (unpaired) electrons. The van der Waals surface area contributed by atoms with Crippen LogP contribution in [0.15, 0.2) is 24.3 Å². The van der Waals surface area contributed by atoms with Crippen LogP contribution in [0.5, 0.6) is 0 Å². The molecule has 1 saturated carbocycles. The maximum absolute atomic E-state index is 13.3. The molecule has 1 aliphatic heterocycles. The summed E-state index contributed by atoms with van der Waals surface area (Å²) < 4.78 is 13.3. The second kappa shape index (κ2) is 6.10. The molecule has 1 saturated heterocycles. The average molecular weight is 299 g/mol. The van der Waals surface area contributed by atoms with Crippen LogP contribution in [0, 0.1) is 11.7 Å². The van der Waals surface area contributed by atoms with Gasteiger partial charge in [-0.1, -0.05) is 12.1 Å². The zero-order valence-electron chi connectivity index (χ0n) is 11.3. The van der Waals surface area contributed by atoms with Gasteiger partial charge in [-0.05, 0) is 43.5 Å². The summed E-state index contributed by atoms with van der Waals surface area (Å²) in [6, 6.07) is 6.76. The summed E-state index contributed by atoms with van der Waals surface area (Å²) in [5, 5.41) is 6.24. The number of carbonyl (C=O) groups excluding carboxylic acids is 1. The summed E-state index contributed by atoms with van der Waals surface area (Å²) in [6.07, 6.45) is 2.97. The summed E-state index contributed by atoms with van der Waals surface area (Å²) in [7, 11) is 0. The van der Waals surface area contributed by atoms with E-state index in [4.69, 9.17) is 0 Å². The van der Waals surface area contributed by atoms with Crippen molar-refractivity contribution in [3.63, 3.8) is 0 Å². The van der Waals surface area contributed by atoms with Crippen molar-refractivity contribution in [2.45, 2.75) is 24.7 Å². The quantitative estimate of drug-likeness (QED) is 0.893. The number of rotatable bonds is 4. The molecule has 5 heteroatoms. The topological polar surface area (TPSA) is 41.1 Å². The van der Waals surface area contributed by atoms with E-state index in [-0.39, 0.29) is 35.5 Å². The van der Waals surface area contributed by atoms with Gasteiger partial charge in [-0.15, -0.1) is 12.4 Å². The highest BCUT2D eigenvalue weighted by Gasteiger charge is 2.44. The first-order valence-electron chi connectivity index (χ1n) is 6.94. The zero-order valence-corrected chi connectivity index (χ0v) is 12.1. The Kier molecular flexibility index (Phi) is 4.66. The SMILES string of the molecule is Cl.O=C(NCC1(c2cccc(F)c2)CC1)C1CCNC1. The molecule has 1 aromatic rings. The molecular formula is C15H20ClFN2O. The Morgan fingerprint density at radius 1 is 1.45 bits per heavy atom. The van der Waals surface area contributed by atoms with Gasteiger partial charge in [0.15, 0.2) is 0 Å². The van der Waals surface area contributed by atoms with E-state index in [1.54, 1.807) is 12.1 Å². The molecule has 2 aliphatic rings. The van der Waals surface area contributed by atoms with Gasteiger partial charge in [0, 0.05) is 18.5 Å². The molecule has 3 nitrogen and oxygen atoms in total. The number of halogens is 2. The summed E-state index contributed by atoms with van der Waals surface area (Å²) >= 11 is 0. The fourth-order valence-corrected chi connectivity index (χ4v) is 2.82. The molecule has 1 aliphatic carbocycles.